The van der Waals surface area contributed by atoms with Gasteiger partial charge in [0.05, 0.1) is 7.11 Å². The molecule has 2 aliphatic rings. The molecule has 2 saturated heterocycles. The van der Waals surface area contributed by atoms with E-state index in [1.54, 1.807) is 7.11 Å². The summed E-state index contributed by atoms with van der Waals surface area (Å²) >= 11 is 0. The van der Waals surface area contributed by atoms with Crippen molar-refractivity contribution in [2.24, 2.45) is 5.92 Å². The van der Waals surface area contributed by atoms with Crippen LogP contribution in [0.1, 0.15) is 30.0 Å². The predicted octanol–water partition coefficient (Wildman–Crippen LogP) is 4.49. The molecule has 0 aromatic heterocycles. The third kappa shape index (κ3) is 6.74. The topological polar surface area (TPSA) is 43.0 Å². The molecule has 2 aromatic rings. The number of nitrogens with one attached hydrogen (secondary N) is 1. The molecule has 2 aliphatic heterocycles. The number of methoxy groups -OCH3 is 1. The van der Waals surface area contributed by atoms with E-state index in [2.05, 4.69) is 40.5 Å². The minimum Gasteiger partial charge on any atom is -0.493 e. The van der Waals surface area contributed by atoms with Crippen LogP contribution >= 0.6 is 24.8 Å². The van der Waals surface area contributed by atoms with Gasteiger partial charge in [0.15, 0.2) is 11.5 Å². The Morgan fingerprint density at radius 2 is 1.71 bits per heavy atom. The lowest BCUT2D eigenvalue weighted by Crippen LogP contribution is -2.47. The maximum Gasteiger partial charge on any atom is 0.161 e. The Balaban J connectivity index is 0.00000171. The van der Waals surface area contributed by atoms with Crippen molar-refractivity contribution >= 4 is 24.8 Å². The van der Waals surface area contributed by atoms with Crippen LogP contribution in [0, 0.1) is 5.92 Å². The molecule has 2 aromatic carbocycles. The van der Waals surface area contributed by atoms with Crippen molar-refractivity contribution in [2.45, 2.75) is 25.5 Å². The van der Waals surface area contributed by atoms with Crippen LogP contribution in [0.25, 0.3) is 0 Å². The monoisotopic (exact) mass is 468 g/mol. The largest absolute Gasteiger partial charge is 0.493 e. The molecule has 2 fully saturated rings. The molecule has 2 heterocycles. The highest BCUT2D eigenvalue weighted by Crippen LogP contribution is 2.39. The SMILES string of the molecule is COc1ccc([C@H](C2CCOCC2)N2CCNCC2)cc1OCc1ccccc1.Cl.Cl. The third-order valence-electron chi connectivity index (χ3n) is 6.02. The highest BCUT2D eigenvalue weighted by Gasteiger charge is 2.31. The Morgan fingerprint density at radius 1 is 1.00 bits per heavy atom. The van der Waals surface area contributed by atoms with E-state index < -0.39 is 0 Å². The fraction of sp³-hybridized carbons (Fsp3) is 0.500. The fourth-order valence-electron chi connectivity index (χ4n) is 4.50. The molecule has 1 atom stereocenters. The zero-order valence-corrected chi connectivity index (χ0v) is 19.8. The first kappa shape index (κ1) is 25.8. The Bertz CT molecular complexity index is 749. The van der Waals surface area contributed by atoms with E-state index in [1.165, 1.54) is 5.56 Å². The van der Waals surface area contributed by atoms with Crippen LogP contribution in [-0.2, 0) is 11.3 Å². The van der Waals surface area contributed by atoms with Crippen LogP contribution in [0.3, 0.4) is 0 Å². The Morgan fingerprint density at radius 3 is 2.39 bits per heavy atom. The Labute approximate surface area is 198 Å². The van der Waals surface area contributed by atoms with Crippen molar-refractivity contribution in [1.82, 2.24) is 10.2 Å². The summed E-state index contributed by atoms with van der Waals surface area (Å²) in [4.78, 5) is 2.63. The summed E-state index contributed by atoms with van der Waals surface area (Å²) in [6.45, 7) is 6.51. The molecule has 0 amide bonds. The number of rotatable bonds is 7. The number of benzene rings is 2. The lowest BCUT2D eigenvalue weighted by molar-refractivity contribution is 0.0212. The molecule has 5 nitrogen and oxygen atoms in total. The molecule has 0 spiro atoms. The Kier molecular flexibility index (Phi) is 10.9. The van der Waals surface area contributed by atoms with Crippen molar-refractivity contribution in [3.63, 3.8) is 0 Å². The highest BCUT2D eigenvalue weighted by atomic mass is 35.5. The molecular formula is C24H34Cl2N2O3. The third-order valence-corrected chi connectivity index (χ3v) is 6.02. The van der Waals surface area contributed by atoms with Gasteiger partial charge >= 0.3 is 0 Å². The summed E-state index contributed by atoms with van der Waals surface area (Å²) in [5.41, 5.74) is 2.48. The van der Waals surface area contributed by atoms with Gasteiger partial charge in [-0.05, 0) is 42.0 Å². The van der Waals surface area contributed by atoms with E-state index in [9.17, 15) is 0 Å². The van der Waals surface area contributed by atoms with Crippen molar-refractivity contribution < 1.29 is 14.2 Å². The Hall–Kier alpha value is -1.50. The van der Waals surface area contributed by atoms with Gasteiger partial charge < -0.3 is 19.5 Å². The van der Waals surface area contributed by atoms with Gasteiger partial charge in [-0.1, -0.05) is 36.4 Å². The minimum absolute atomic E-state index is 0. The van der Waals surface area contributed by atoms with E-state index in [-0.39, 0.29) is 24.8 Å². The van der Waals surface area contributed by atoms with E-state index in [0.29, 0.717) is 18.6 Å². The number of nitrogens with zero attached hydrogens (tertiary/aromatic N) is 1. The van der Waals surface area contributed by atoms with Gasteiger partial charge in [-0.3, -0.25) is 4.90 Å². The maximum atomic E-state index is 6.20. The number of ether oxygens (including phenoxy) is 3. The van der Waals surface area contributed by atoms with Gasteiger partial charge in [0, 0.05) is 45.4 Å². The molecule has 4 rings (SSSR count). The van der Waals surface area contributed by atoms with Crippen LogP contribution in [0.15, 0.2) is 48.5 Å². The predicted molar refractivity (Wildman–Crippen MR) is 129 cm³/mol. The maximum absolute atomic E-state index is 6.20. The first-order valence-corrected chi connectivity index (χ1v) is 10.7. The van der Waals surface area contributed by atoms with Crippen LogP contribution in [0.4, 0.5) is 0 Å². The van der Waals surface area contributed by atoms with Gasteiger partial charge in [0.2, 0.25) is 0 Å². The summed E-state index contributed by atoms with van der Waals surface area (Å²) in [6.07, 6.45) is 2.22. The standard InChI is InChI=1S/C24H32N2O3.2ClH/c1-27-22-8-7-21(17-23(22)29-18-19-5-3-2-4-6-19)24(20-9-15-28-16-10-20)26-13-11-25-12-14-26;;/h2-8,17,20,24-25H,9-16,18H2,1H3;2*1H/t24-;;/m0../s1. The normalized spacial score (nSPS) is 18.4. The summed E-state index contributed by atoms with van der Waals surface area (Å²) in [6, 6.07) is 17.1. The molecule has 31 heavy (non-hydrogen) atoms. The van der Waals surface area contributed by atoms with Gasteiger partial charge in [0.1, 0.15) is 6.61 Å². The van der Waals surface area contributed by atoms with Crippen molar-refractivity contribution in [3.8, 4) is 11.5 Å². The van der Waals surface area contributed by atoms with Gasteiger partial charge in [-0.15, -0.1) is 24.8 Å². The summed E-state index contributed by atoms with van der Waals surface area (Å²) in [5.74, 6) is 2.22. The fourth-order valence-corrected chi connectivity index (χ4v) is 4.50. The molecular weight excluding hydrogens is 435 g/mol. The first-order chi connectivity index (χ1) is 14.3. The second-order valence-electron chi connectivity index (χ2n) is 7.87. The van der Waals surface area contributed by atoms with Gasteiger partial charge in [-0.25, -0.2) is 0 Å². The van der Waals surface area contributed by atoms with Gasteiger partial charge in [0.25, 0.3) is 0 Å². The zero-order valence-electron chi connectivity index (χ0n) is 18.1. The number of hydrogen-bond acceptors (Lipinski definition) is 5. The molecule has 7 heteroatoms. The van der Waals surface area contributed by atoms with Crippen LogP contribution in [0.2, 0.25) is 0 Å². The average molecular weight is 469 g/mol. The molecule has 0 bridgehead atoms. The number of piperazine rings is 1. The van der Waals surface area contributed by atoms with Crippen LogP contribution in [0.5, 0.6) is 11.5 Å². The van der Waals surface area contributed by atoms with Crippen molar-refractivity contribution in [1.29, 1.82) is 0 Å². The number of hydrogen-bond donors (Lipinski definition) is 1. The second kappa shape index (κ2) is 13.1. The lowest BCUT2D eigenvalue weighted by Gasteiger charge is -2.41. The van der Waals surface area contributed by atoms with Crippen LogP contribution < -0.4 is 14.8 Å². The smallest absolute Gasteiger partial charge is 0.161 e. The first-order valence-electron chi connectivity index (χ1n) is 10.7. The van der Waals surface area contributed by atoms with E-state index in [1.807, 2.05) is 18.2 Å². The van der Waals surface area contributed by atoms with Gasteiger partial charge in [-0.2, -0.15) is 0 Å². The quantitative estimate of drug-likeness (QED) is 0.648. The number of halogens is 2. The highest BCUT2D eigenvalue weighted by molar-refractivity contribution is 5.85. The van der Waals surface area contributed by atoms with E-state index in [0.717, 1.165) is 69.3 Å². The van der Waals surface area contributed by atoms with E-state index in [4.69, 9.17) is 14.2 Å². The lowest BCUT2D eigenvalue weighted by atomic mass is 9.85. The molecule has 0 saturated carbocycles. The molecule has 0 unspecified atom stereocenters. The summed E-state index contributed by atoms with van der Waals surface area (Å²) < 4.78 is 17.4. The average Bonchev–Trinajstić information content (AvgIpc) is 2.80. The second-order valence-corrected chi connectivity index (χ2v) is 7.87. The van der Waals surface area contributed by atoms with Crippen LogP contribution in [-0.4, -0.2) is 51.4 Å². The molecule has 1 N–H and O–H groups in total. The molecule has 172 valence electrons. The summed E-state index contributed by atoms with van der Waals surface area (Å²) in [7, 11) is 1.71. The molecule has 0 radical (unpaired) electrons. The van der Waals surface area contributed by atoms with Crippen molar-refractivity contribution in [2.75, 3.05) is 46.5 Å². The zero-order chi connectivity index (χ0) is 19.9. The van der Waals surface area contributed by atoms with Crippen molar-refractivity contribution in [3.05, 3.63) is 59.7 Å². The van der Waals surface area contributed by atoms with E-state index >= 15 is 0 Å². The molecule has 0 aliphatic carbocycles. The summed E-state index contributed by atoms with van der Waals surface area (Å²) in [5, 5.41) is 3.48. The minimum atomic E-state index is 0.